The second-order valence-electron chi connectivity index (χ2n) is 5.78. The minimum atomic E-state index is -0.344. The summed E-state index contributed by atoms with van der Waals surface area (Å²) in [6.45, 7) is 9.62. The van der Waals surface area contributed by atoms with Crippen molar-refractivity contribution in [3.8, 4) is 0 Å². The predicted octanol–water partition coefficient (Wildman–Crippen LogP) is 2.59. The van der Waals surface area contributed by atoms with E-state index in [9.17, 15) is 10.1 Å². The van der Waals surface area contributed by atoms with Crippen molar-refractivity contribution in [1.29, 1.82) is 0 Å². The fourth-order valence-corrected chi connectivity index (χ4v) is 2.18. The van der Waals surface area contributed by atoms with Crippen LogP contribution >= 0.6 is 0 Å². The summed E-state index contributed by atoms with van der Waals surface area (Å²) in [6.07, 6.45) is 1.08. The lowest BCUT2D eigenvalue weighted by atomic mass is 10.1. The Balaban J connectivity index is 2.82. The highest BCUT2D eigenvalue weighted by molar-refractivity contribution is 5.60. The van der Waals surface area contributed by atoms with E-state index in [-0.39, 0.29) is 16.5 Å². The number of nitrogens with zero attached hydrogens (tertiary/aromatic N) is 4. The number of hydrogen-bond acceptors (Lipinski definition) is 5. The van der Waals surface area contributed by atoms with E-state index in [1.807, 2.05) is 13.8 Å². The lowest BCUT2D eigenvalue weighted by Crippen LogP contribution is -2.33. The third-order valence-corrected chi connectivity index (χ3v) is 3.88. The molecule has 0 fully saturated rings. The normalized spacial score (nSPS) is 13.0. The Morgan fingerprint density at radius 3 is 2.52 bits per heavy atom. The van der Waals surface area contributed by atoms with Crippen LogP contribution in [0.5, 0.6) is 0 Å². The average molecular weight is 297 g/mol. The highest BCUT2D eigenvalue weighted by Crippen LogP contribution is 2.32. The summed E-state index contributed by atoms with van der Waals surface area (Å²) in [5, 5.41) is 18.8. The summed E-state index contributed by atoms with van der Waals surface area (Å²) in [4.78, 5) is 13.2. The van der Waals surface area contributed by atoms with Crippen molar-refractivity contribution in [1.82, 2.24) is 14.7 Å². The Morgan fingerprint density at radius 2 is 2.05 bits per heavy atom. The molecule has 7 heteroatoms. The van der Waals surface area contributed by atoms with Crippen LogP contribution in [0.4, 0.5) is 11.5 Å². The fraction of sp³-hybridized carbons (Fsp3) is 0.786. The van der Waals surface area contributed by atoms with Crippen LogP contribution in [0.1, 0.15) is 45.7 Å². The molecule has 1 aromatic heterocycles. The number of likely N-dealkylation sites (N-methyl/N-ethyl adjacent to an activating group) is 1. The Hall–Kier alpha value is -1.63. The van der Waals surface area contributed by atoms with Gasteiger partial charge in [0.2, 0.25) is 5.82 Å². The van der Waals surface area contributed by atoms with Crippen molar-refractivity contribution < 1.29 is 4.92 Å². The standard InChI is InChI=1S/C14H27N5O2/c1-7-11(4)17(5)9-8-15-14-13(19(20)21)12(10(2)3)16-18(14)6/h10-11,15H,7-9H2,1-6H3. The number of aryl methyl sites for hydroxylation is 1. The first kappa shape index (κ1) is 17.4. The molecule has 1 heterocycles. The average Bonchev–Trinajstić information content (AvgIpc) is 2.75. The minimum Gasteiger partial charge on any atom is -0.363 e. The summed E-state index contributed by atoms with van der Waals surface area (Å²) in [7, 11) is 3.80. The van der Waals surface area contributed by atoms with Crippen LogP contribution in [0.3, 0.4) is 0 Å². The van der Waals surface area contributed by atoms with Crippen LogP contribution in [-0.4, -0.2) is 45.8 Å². The van der Waals surface area contributed by atoms with E-state index in [2.05, 4.69) is 36.2 Å². The highest BCUT2D eigenvalue weighted by atomic mass is 16.6. The van der Waals surface area contributed by atoms with Gasteiger partial charge >= 0.3 is 5.69 Å². The third kappa shape index (κ3) is 4.17. The molecule has 0 amide bonds. The van der Waals surface area contributed by atoms with Gasteiger partial charge in [-0.2, -0.15) is 5.10 Å². The zero-order chi connectivity index (χ0) is 16.2. The Kier molecular flexibility index (Phi) is 6.14. The van der Waals surface area contributed by atoms with Crippen molar-refractivity contribution in [2.45, 2.75) is 46.1 Å². The summed E-state index contributed by atoms with van der Waals surface area (Å²) >= 11 is 0. The lowest BCUT2D eigenvalue weighted by Gasteiger charge is -2.23. The first-order chi connectivity index (χ1) is 9.79. The molecular weight excluding hydrogens is 270 g/mol. The van der Waals surface area contributed by atoms with E-state index in [1.54, 1.807) is 11.7 Å². The molecule has 0 aliphatic heterocycles. The number of aromatic nitrogens is 2. The van der Waals surface area contributed by atoms with Crippen LogP contribution in [0.2, 0.25) is 0 Å². The maximum atomic E-state index is 11.3. The van der Waals surface area contributed by atoms with Crippen LogP contribution in [0.25, 0.3) is 0 Å². The molecule has 0 bridgehead atoms. The second-order valence-corrected chi connectivity index (χ2v) is 5.78. The SMILES string of the molecule is CCC(C)N(C)CCNc1c([N+](=O)[O-])c(C(C)C)nn1C. The van der Waals surface area contributed by atoms with Gasteiger partial charge in [-0.25, -0.2) is 4.68 Å². The molecule has 21 heavy (non-hydrogen) atoms. The molecule has 0 aliphatic carbocycles. The first-order valence-corrected chi connectivity index (χ1v) is 7.44. The molecule has 0 saturated heterocycles. The molecule has 0 saturated carbocycles. The molecule has 1 unspecified atom stereocenters. The molecule has 1 aromatic rings. The molecule has 0 spiro atoms. The predicted molar refractivity (Wildman–Crippen MR) is 84.8 cm³/mol. The van der Waals surface area contributed by atoms with Crippen molar-refractivity contribution in [3.05, 3.63) is 15.8 Å². The number of nitrogens with one attached hydrogen (secondary N) is 1. The van der Waals surface area contributed by atoms with Crippen molar-refractivity contribution in [3.63, 3.8) is 0 Å². The van der Waals surface area contributed by atoms with Crippen molar-refractivity contribution in [2.75, 3.05) is 25.5 Å². The molecule has 0 aromatic carbocycles. The molecule has 0 aliphatic rings. The summed E-state index contributed by atoms with van der Waals surface area (Å²) < 4.78 is 1.57. The Labute approximate surface area is 126 Å². The topological polar surface area (TPSA) is 76.2 Å². The maximum absolute atomic E-state index is 11.3. The number of rotatable bonds is 8. The van der Waals surface area contributed by atoms with E-state index >= 15 is 0 Å². The van der Waals surface area contributed by atoms with E-state index < -0.39 is 0 Å². The number of anilines is 1. The van der Waals surface area contributed by atoms with Gasteiger partial charge in [0.25, 0.3) is 0 Å². The fourth-order valence-electron chi connectivity index (χ4n) is 2.18. The quantitative estimate of drug-likeness (QED) is 0.589. The second kappa shape index (κ2) is 7.40. The monoisotopic (exact) mass is 297 g/mol. The van der Waals surface area contributed by atoms with Gasteiger partial charge in [0.15, 0.2) is 0 Å². The zero-order valence-corrected chi connectivity index (χ0v) is 13.9. The first-order valence-electron chi connectivity index (χ1n) is 7.44. The molecule has 0 radical (unpaired) electrons. The summed E-state index contributed by atoms with van der Waals surface area (Å²) in [5.41, 5.74) is 0.624. The van der Waals surface area contributed by atoms with Gasteiger partial charge in [-0.05, 0) is 20.4 Å². The molecule has 1 rings (SSSR count). The van der Waals surface area contributed by atoms with Crippen LogP contribution in [0, 0.1) is 10.1 Å². The van der Waals surface area contributed by atoms with E-state index in [0.29, 0.717) is 24.1 Å². The van der Waals surface area contributed by atoms with Crippen molar-refractivity contribution >= 4 is 11.5 Å². The molecular formula is C14H27N5O2. The van der Waals surface area contributed by atoms with Gasteiger partial charge in [0, 0.05) is 32.1 Å². The molecule has 1 atom stereocenters. The van der Waals surface area contributed by atoms with E-state index in [0.717, 1.165) is 13.0 Å². The zero-order valence-electron chi connectivity index (χ0n) is 13.9. The van der Waals surface area contributed by atoms with Gasteiger partial charge in [0.05, 0.1) is 4.92 Å². The van der Waals surface area contributed by atoms with Gasteiger partial charge in [-0.3, -0.25) is 10.1 Å². The lowest BCUT2D eigenvalue weighted by molar-refractivity contribution is -0.384. The van der Waals surface area contributed by atoms with Gasteiger partial charge in [-0.1, -0.05) is 20.8 Å². The Morgan fingerprint density at radius 1 is 1.43 bits per heavy atom. The van der Waals surface area contributed by atoms with Crippen LogP contribution < -0.4 is 5.32 Å². The van der Waals surface area contributed by atoms with E-state index in [4.69, 9.17) is 0 Å². The van der Waals surface area contributed by atoms with E-state index in [1.165, 1.54) is 0 Å². The van der Waals surface area contributed by atoms with Crippen molar-refractivity contribution in [2.24, 2.45) is 7.05 Å². The smallest absolute Gasteiger partial charge is 0.334 e. The highest BCUT2D eigenvalue weighted by Gasteiger charge is 2.28. The minimum absolute atomic E-state index is 0.0231. The largest absolute Gasteiger partial charge is 0.363 e. The number of hydrogen-bond donors (Lipinski definition) is 1. The Bertz CT molecular complexity index is 484. The molecule has 120 valence electrons. The van der Waals surface area contributed by atoms with Crippen LogP contribution in [0.15, 0.2) is 0 Å². The van der Waals surface area contributed by atoms with Gasteiger partial charge in [-0.15, -0.1) is 0 Å². The summed E-state index contributed by atoms with van der Waals surface area (Å²) in [5.74, 6) is 0.510. The summed E-state index contributed by atoms with van der Waals surface area (Å²) in [6, 6.07) is 0.500. The third-order valence-electron chi connectivity index (χ3n) is 3.88. The van der Waals surface area contributed by atoms with Gasteiger partial charge < -0.3 is 10.2 Å². The maximum Gasteiger partial charge on any atom is 0.334 e. The number of nitro groups is 1. The van der Waals surface area contributed by atoms with Gasteiger partial charge in [0.1, 0.15) is 5.69 Å². The molecule has 1 N–H and O–H groups in total. The van der Waals surface area contributed by atoms with Crippen LogP contribution in [-0.2, 0) is 7.05 Å². The molecule has 7 nitrogen and oxygen atoms in total.